The van der Waals surface area contributed by atoms with Crippen LogP contribution < -0.4 is 10.2 Å². The van der Waals surface area contributed by atoms with Crippen molar-refractivity contribution >= 4 is 34.9 Å². The number of benzene rings is 2. The number of rotatable bonds is 2. The average molecular weight is 374 g/mol. The van der Waals surface area contributed by atoms with Gasteiger partial charge >= 0.3 is 0 Å². The van der Waals surface area contributed by atoms with Crippen LogP contribution in [0.2, 0.25) is 0 Å². The van der Waals surface area contributed by atoms with Crippen LogP contribution in [0, 0.1) is 11.8 Å². The van der Waals surface area contributed by atoms with E-state index >= 15 is 0 Å². The number of amides is 3. The molecular formula is C22H18N2O4. The number of nitrogens with zero attached hydrogens (tertiary/aromatic N) is 1. The summed E-state index contributed by atoms with van der Waals surface area (Å²) in [5.41, 5.74) is 2.98. The van der Waals surface area contributed by atoms with Crippen molar-refractivity contribution in [3.8, 4) is 0 Å². The molecule has 1 saturated heterocycles. The lowest BCUT2D eigenvalue weighted by molar-refractivity contribution is -0.134. The van der Waals surface area contributed by atoms with E-state index < -0.39 is 17.8 Å². The van der Waals surface area contributed by atoms with Crippen LogP contribution in [0.5, 0.6) is 0 Å². The van der Waals surface area contributed by atoms with E-state index in [0.717, 1.165) is 11.1 Å². The van der Waals surface area contributed by atoms with E-state index in [0.29, 0.717) is 17.8 Å². The summed E-state index contributed by atoms with van der Waals surface area (Å²) in [6, 6.07) is 14.3. The molecule has 1 aliphatic heterocycles. The van der Waals surface area contributed by atoms with Gasteiger partial charge in [0.2, 0.25) is 17.7 Å². The SMILES string of the molecule is CC(=O)Nc1ccc(N2C(=O)[C@@H]3[C@H](C2=O)[C@H]2C(=O)C[C@H]3c3ccccc32)cc1. The number of anilines is 2. The second kappa shape index (κ2) is 5.86. The molecule has 0 spiro atoms. The molecule has 1 N–H and O–H groups in total. The van der Waals surface area contributed by atoms with E-state index in [1.807, 2.05) is 24.3 Å². The molecule has 3 amide bonds. The summed E-state index contributed by atoms with van der Waals surface area (Å²) in [4.78, 5) is 51.6. The average Bonchev–Trinajstić information content (AvgIpc) is 2.94. The number of imide groups is 1. The fourth-order valence-corrected chi connectivity index (χ4v) is 5.11. The van der Waals surface area contributed by atoms with Crippen molar-refractivity contribution in [2.75, 3.05) is 10.2 Å². The number of hydrogen-bond donors (Lipinski definition) is 1. The molecule has 28 heavy (non-hydrogen) atoms. The molecular weight excluding hydrogens is 356 g/mol. The zero-order chi connectivity index (χ0) is 19.6. The van der Waals surface area contributed by atoms with Crippen LogP contribution >= 0.6 is 0 Å². The monoisotopic (exact) mass is 374 g/mol. The minimum absolute atomic E-state index is 0.0500. The maximum absolute atomic E-state index is 13.2. The van der Waals surface area contributed by atoms with Gasteiger partial charge in [0.25, 0.3) is 0 Å². The Hall–Kier alpha value is -3.28. The van der Waals surface area contributed by atoms with Crippen molar-refractivity contribution in [2.45, 2.75) is 25.2 Å². The number of carbonyl (C=O) groups is 4. The highest BCUT2D eigenvalue weighted by molar-refractivity contribution is 6.24. The second-order valence-electron chi connectivity index (χ2n) is 7.68. The molecule has 0 aromatic heterocycles. The van der Waals surface area contributed by atoms with Gasteiger partial charge in [0, 0.05) is 24.9 Å². The summed E-state index contributed by atoms with van der Waals surface area (Å²) in [6.45, 7) is 1.41. The van der Waals surface area contributed by atoms with Crippen LogP contribution in [0.3, 0.4) is 0 Å². The lowest BCUT2D eigenvalue weighted by atomic mass is 9.56. The Labute approximate surface area is 161 Å². The van der Waals surface area contributed by atoms with Crippen LogP contribution in [0.1, 0.15) is 36.3 Å². The third kappa shape index (κ3) is 2.21. The molecule has 6 nitrogen and oxygen atoms in total. The summed E-state index contributed by atoms with van der Waals surface area (Å²) in [5.74, 6) is -2.57. The Morgan fingerprint density at radius 2 is 1.57 bits per heavy atom. The van der Waals surface area contributed by atoms with Crippen molar-refractivity contribution in [3.05, 3.63) is 59.7 Å². The van der Waals surface area contributed by atoms with E-state index in [1.165, 1.54) is 11.8 Å². The number of nitrogens with one attached hydrogen (secondary N) is 1. The van der Waals surface area contributed by atoms with Crippen molar-refractivity contribution in [1.29, 1.82) is 0 Å². The minimum Gasteiger partial charge on any atom is -0.326 e. The van der Waals surface area contributed by atoms with Gasteiger partial charge in [-0.2, -0.15) is 0 Å². The van der Waals surface area contributed by atoms with Crippen LogP contribution in [0.15, 0.2) is 48.5 Å². The van der Waals surface area contributed by atoms with Gasteiger partial charge in [0.15, 0.2) is 0 Å². The molecule has 0 unspecified atom stereocenters. The number of ketones is 1. The largest absolute Gasteiger partial charge is 0.326 e. The van der Waals surface area contributed by atoms with Gasteiger partial charge < -0.3 is 5.32 Å². The number of fused-ring (bicyclic) bond motifs is 1. The highest BCUT2D eigenvalue weighted by atomic mass is 16.2. The summed E-state index contributed by atoms with van der Waals surface area (Å²) < 4.78 is 0. The first-order valence-corrected chi connectivity index (χ1v) is 9.34. The van der Waals surface area contributed by atoms with E-state index in [-0.39, 0.29) is 29.4 Å². The zero-order valence-corrected chi connectivity index (χ0v) is 15.2. The molecule has 140 valence electrons. The van der Waals surface area contributed by atoms with E-state index in [1.54, 1.807) is 24.3 Å². The van der Waals surface area contributed by atoms with Gasteiger partial charge in [-0.1, -0.05) is 24.3 Å². The van der Waals surface area contributed by atoms with Crippen molar-refractivity contribution in [2.24, 2.45) is 11.8 Å². The smallest absolute Gasteiger partial charge is 0.238 e. The topological polar surface area (TPSA) is 83.6 Å². The molecule has 2 bridgehead atoms. The molecule has 4 atom stereocenters. The molecule has 0 radical (unpaired) electrons. The minimum atomic E-state index is -0.622. The first-order valence-electron chi connectivity index (χ1n) is 9.34. The molecule has 3 aliphatic carbocycles. The molecule has 2 aromatic rings. The van der Waals surface area contributed by atoms with E-state index in [9.17, 15) is 19.2 Å². The van der Waals surface area contributed by atoms with Gasteiger partial charge in [0.05, 0.1) is 23.4 Å². The van der Waals surface area contributed by atoms with Crippen molar-refractivity contribution in [1.82, 2.24) is 0 Å². The lowest BCUT2D eigenvalue weighted by Gasteiger charge is -2.43. The highest BCUT2D eigenvalue weighted by Gasteiger charge is 2.62. The zero-order valence-electron chi connectivity index (χ0n) is 15.2. The fourth-order valence-electron chi connectivity index (χ4n) is 5.11. The summed E-state index contributed by atoms with van der Waals surface area (Å²) in [5, 5.41) is 2.66. The first-order chi connectivity index (χ1) is 13.5. The number of Topliss-reactive ketones (excluding diaryl/α,β-unsaturated/α-hetero) is 1. The fraction of sp³-hybridized carbons (Fsp3) is 0.273. The van der Waals surface area contributed by atoms with Gasteiger partial charge in [-0.25, -0.2) is 0 Å². The molecule has 2 fully saturated rings. The Morgan fingerprint density at radius 3 is 2.25 bits per heavy atom. The molecule has 1 heterocycles. The standard InChI is InChI=1S/C22H18N2O4/c1-11(25)23-12-6-8-13(9-7-12)24-21(27)19-16-10-17(26)18(20(19)22(24)28)15-5-3-2-4-14(15)16/h2-9,16,18-20H,10H2,1H3,(H,23,25)/t16-,18+,19-,20+/m0/s1. The van der Waals surface area contributed by atoms with Crippen LogP contribution in [0.4, 0.5) is 11.4 Å². The third-order valence-corrected chi connectivity index (χ3v) is 6.13. The Morgan fingerprint density at radius 1 is 0.929 bits per heavy atom. The Bertz CT molecular complexity index is 1040. The normalized spacial score (nSPS) is 27.6. The van der Waals surface area contributed by atoms with Crippen LogP contribution in [-0.4, -0.2) is 23.5 Å². The van der Waals surface area contributed by atoms with Crippen molar-refractivity contribution in [3.63, 3.8) is 0 Å². The Balaban J connectivity index is 1.54. The summed E-state index contributed by atoms with van der Waals surface area (Å²) in [7, 11) is 0. The molecule has 4 aliphatic rings. The molecule has 2 aromatic carbocycles. The lowest BCUT2D eigenvalue weighted by Crippen LogP contribution is -2.44. The predicted molar refractivity (Wildman–Crippen MR) is 102 cm³/mol. The number of hydrogen-bond acceptors (Lipinski definition) is 4. The second-order valence-corrected chi connectivity index (χ2v) is 7.68. The summed E-state index contributed by atoms with van der Waals surface area (Å²) in [6.07, 6.45) is 0.317. The molecule has 6 rings (SSSR count). The number of carbonyl (C=O) groups excluding carboxylic acids is 4. The third-order valence-electron chi connectivity index (χ3n) is 6.13. The van der Waals surface area contributed by atoms with Gasteiger partial charge in [-0.15, -0.1) is 0 Å². The van der Waals surface area contributed by atoms with Gasteiger partial charge in [0.1, 0.15) is 5.78 Å². The van der Waals surface area contributed by atoms with Gasteiger partial charge in [-0.3, -0.25) is 24.1 Å². The maximum atomic E-state index is 13.2. The maximum Gasteiger partial charge on any atom is 0.238 e. The van der Waals surface area contributed by atoms with Gasteiger partial charge in [-0.05, 0) is 35.4 Å². The summed E-state index contributed by atoms with van der Waals surface area (Å²) >= 11 is 0. The van der Waals surface area contributed by atoms with E-state index in [2.05, 4.69) is 5.32 Å². The predicted octanol–water partition coefficient (Wildman–Crippen LogP) is 2.60. The molecule has 1 saturated carbocycles. The first kappa shape index (κ1) is 16.9. The van der Waals surface area contributed by atoms with Crippen molar-refractivity contribution < 1.29 is 19.2 Å². The van der Waals surface area contributed by atoms with Crippen LogP contribution in [0.25, 0.3) is 0 Å². The molecule has 6 heteroatoms. The van der Waals surface area contributed by atoms with E-state index in [4.69, 9.17) is 0 Å². The highest BCUT2D eigenvalue weighted by Crippen LogP contribution is 2.57. The quantitative estimate of drug-likeness (QED) is 0.819. The van der Waals surface area contributed by atoms with Crippen LogP contribution in [-0.2, 0) is 19.2 Å². The Kier molecular flexibility index (Phi) is 3.53.